The van der Waals surface area contributed by atoms with E-state index in [1.54, 1.807) is 0 Å². The Bertz CT molecular complexity index is 3450. The van der Waals surface area contributed by atoms with Crippen LogP contribution in [0, 0.1) is 0 Å². The second kappa shape index (κ2) is 12.3. The average Bonchev–Trinajstić information content (AvgIpc) is 3.96. The summed E-state index contributed by atoms with van der Waals surface area (Å²) < 4.78 is 15.7. The van der Waals surface area contributed by atoms with Crippen LogP contribution >= 0.6 is 0 Å². The molecule has 0 saturated heterocycles. The summed E-state index contributed by atoms with van der Waals surface area (Å²) in [6, 6.07) is 62.8. The maximum absolute atomic E-state index is 6.69. The maximum atomic E-state index is 6.69. The molecule has 57 heavy (non-hydrogen) atoms. The number of nitrogens with zero attached hydrogens (tertiary/aromatic N) is 4. The Morgan fingerprint density at radius 3 is 1.40 bits per heavy atom. The van der Waals surface area contributed by atoms with E-state index in [4.69, 9.17) is 23.8 Å². The van der Waals surface area contributed by atoms with Gasteiger partial charge in [-0.3, -0.25) is 0 Å². The van der Waals surface area contributed by atoms with Gasteiger partial charge in [-0.05, 0) is 77.9 Å². The van der Waals surface area contributed by atoms with E-state index in [0.29, 0.717) is 17.5 Å². The number of rotatable bonds is 5. The van der Waals surface area contributed by atoms with E-state index < -0.39 is 0 Å². The summed E-state index contributed by atoms with van der Waals surface area (Å²) in [5, 5.41) is 6.49. The van der Waals surface area contributed by atoms with Gasteiger partial charge >= 0.3 is 0 Å². The van der Waals surface area contributed by atoms with Crippen LogP contribution in [0.2, 0.25) is 0 Å². The lowest BCUT2D eigenvalue weighted by atomic mass is 10.0. The number of aromatic nitrogens is 4. The topological polar surface area (TPSA) is 69.9 Å². The van der Waals surface area contributed by atoms with Gasteiger partial charge < -0.3 is 13.4 Å². The van der Waals surface area contributed by atoms with Gasteiger partial charge in [0.05, 0.1) is 11.0 Å². The fourth-order valence-corrected chi connectivity index (χ4v) is 8.33. The summed E-state index contributed by atoms with van der Waals surface area (Å²) in [4.78, 5) is 14.7. The Hall–Kier alpha value is -7.83. The summed E-state index contributed by atoms with van der Waals surface area (Å²) >= 11 is 0. The summed E-state index contributed by atoms with van der Waals surface area (Å²) in [6.07, 6.45) is 0. The van der Waals surface area contributed by atoms with Gasteiger partial charge in [0.15, 0.2) is 28.6 Å². The fraction of sp³-hybridized carbons (Fsp3) is 0. The molecule has 0 spiro atoms. The molecule has 12 rings (SSSR count). The third-order valence-electron chi connectivity index (χ3n) is 11.1. The summed E-state index contributed by atoms with van der Waals surface area (Å²) in [6.45, 7) is 0. The number of furan rings is 2. The first-order chi connectivity index (χ1) is 28.2. The van der Waals surface area contributed by atoms with Crippen molar-refractivity contribution in [2.45, 2.75) is 0 Å². The lowest BCUT2D eigenvalue weighted by Crippen LogP contribution is -2.00. The highest BCUT2D eigenvalue weighted by atomic mass is 16.4. The van der Waals surface area contributed by atoms with Gasteiger partial charge in [0, 0.05) is 54.7 Å². The Labute approximate surface area is 325 Å². The van der Waals surface area contributed by atoms with Gasteiger partial charge in [-0.15, -0.1) is 0 Å². The second-order valence-corrected chi connectivity index (χ2v) is 14.4. The van der Waals surface area contributed by atoms with Crippen molar-refractivity contribution in [3.8, 4) is 51.0 Å². The van der Waals surface area contributed by atoms with Crippen molar-refractivity contribution in [3.05, 3.63) is 182 Å². The largest absolute Gasteiger partial charge is 0.452 e. The van der Waals surface area contributed by atoms with Gasteiger partial charge in [-0.2, -0.15) is 0 Å². The molecule has 0 aliphatic heterocycles. The molecule has 6 heteroatoms. The lowest BCUT2D eigenvalue weighted by molar-refractivity contribution is 0.633. The van der Waals surface area contributed by atoms with Crippen LogP contribution in [-0.4, -0.2) is 19.5 Å². The van der Waals surface area contributed by atoms with E-state index in [1.807, 2.05) is 66.7 Å². The molecule has 4 heterocycles. The Morgan fingerprint density at radius 1 is 0.316 bits per heavy atom. The molecule has 0 aliphatic rings. The monoisotopic (exact) mass is 730 g/mol. The molecule has 0 bridgehead atoms. The minimum Gasteiger partial charge on any atom is -0.452 e. The normalized spacial score (nSPS) is 11.9. The van der Waals surface area contributed by atoms with Gasteiger partial charge in [0.25, 0.3) is 0 Å². The molecule has 6 nitrogen and oxygen atoms in total. The first-order valence-corrected chi connectivity index (χ1v) is 19.0. The number of hydrogen-bond donors (Lipinski definition) is 0. The SMILES string of the molecule is c1ccc(-c2nc(-c3ccccc3)nc(-c3ccc4c(c3)oc3c4ccc4c5ccc(-c6ccc7c(c6)c6ccccc6n7-c6ccccc6)cc5oc43)n2)cc1. The van der Waals surface area contributed by atoms with Crippen molar-refractivity contribution in [1.29, 1.82) is 0 Å². The Kier molecular flexibility index (Phi) is 6.83. The number of benzene rings is 8. The minimum absolute atomic E-state index is 0.578. The smallest absolute Gasteiger partial charge is 0.178 e. The molecule has 0 radical (unpaired) electrons. The van der Waals surface area contributed by atoms with Crippen LogP contribution in [0.1, 0.15) is 0 Å². The first-order valence-electron chi connectivity index (χ1n) is 19.0. The maximum Gasteiger partial charge on any atom is 0.178 e. The van der Waals surface area contributed by atoms with Crippen LogP contribution in [-0.2, 0) is 0 Å². The van der Waals surface area contributed by atoms with E-state index in [2.05, 4.69) is 120 Å². The molecule has 0 saturated carbocycles. The van der Waals surface area contributed by atoms with Crippen molar-refractivity contribution in [1.82, 2.24) is 19.5 Å². The standard InChI is InChI=1S/C51H30N4O2/c1-4-12-31(13-5-1)49-52-50(32-14-6-2-7-15-32)54-51(53-49)35-21-24-39-41-26-25-40-38-23-20-34(29-45(38)56-47(40)48(41)57-46(39)30-35)33-22-27-44-42(28-33)37-18-10-11-19-43(37)55(44)36-16-8-3-9-17-36/h1-30H. The van der Waals surface area contributed by atoms with Crippen LogP contribution < -0.4 is 0 Å². The van der Waals surface area contributed by atoms with Crippen molar-refractivity contribution in [2.24, 2.45) is 0 Å². The second-order valence-electron chi connectivity index (χ2n) is 14.4. The van der Waals surface area contributed by atoms with Gasteiger partial charge in [-0.1, -0.05) is 115 Å². The molecular formula is C51H30N4O2. The first kappa shape index (κ1) is 31.5. The average molecular weight is 731 g/mol. The zero-order valence-electron chi connectivity index (χ0n) is 30.4. The molecule has 12 aromatic rings. The third-order valence-corrected chi connectivity index (χ3v) is 11.1. The van der Waals surface area contributed by atoms with E-state index in [0.717, 1.165) is 77.4 Å². The van der Waals surface area contributed by atoms with Crippen LogP contribution in [0.4, 0.5) is 0 Å². The number of fused-ring (bicyclic) bond motifs is 10. The zero-order valence-corrected chi connectivity index (χ0v) is 30.4. The summed E-state index contributed by atoms with van der Waals surface area (Å²) in [7, 11) is 0. The molecule has 0 amide bonds. The van der Waals surface area contributed by atoms with Gasteiger partial charge in [0.1, 0.15) is 11.2 Å². The van der Waals surface area contributed by atoms with E-state index in [1.165, 1.54) is 21.8 Å². The van der Waals surface area contributed by atoms with Crippen molar-refractivity contribution < 1.29 is 8.83 Å². The van der Waals surface area contributed by atoms with Crippen LogP contribution in [0.15, 0.2) is 191 Å². The van der Waals surface area contributed by atoms with Gasteiger partial charge in [-0.25, -0.2) is 15.0 Å². The molecule has 0 N–H and O–H groups in total. The van der Waals surface area contributed by atoms with Crippen molar-refractivity contribution in [3.63, 3.8) is 0 Å². The third kappa shape index (κ3) is 5.01. The molecule has 266 valence electrons. The Balaban J connectivity index is 0.966. The molecule has 0 aliphatic carbocycles. The summed E-state index contributed by atoms with van der Waals surface area (Å²) in [5.41, 5.74) is 11.4. The predicted octanol–water partition coefficient (Wildman–Crippen LogP) is 13.4. The molecule has 4 aromatic heterocycles. The predicted molar refractivity (Wildman–Crippen MR) is 230 cm³/mol. The highest BCUT2D eigenvalue weighted by Gasteiger charge is 2.19. The number of para-hydroxylation sites is 2. The molecule has 0 atom stereocenters. The van der Waals surface area contributed by atoms with Crippen LogP contribution in [0.3, 0.4) is 0 Å². The molecule has 0 unspecified atom stereocenters. The molecule has 8 aromatic carbocycles. The highest BCUT2D eigenvalue weighted by Crippen LogP contribution is 2.41. The van der Waals surface area contributed by atoms with E-state index >= 15 is 0 Å². The number of hydrogen-bond acceptors (Lipinski definition) is 5. The van der Waals surface area contributed by atoms with Crippen molar-refractivity contribution >= 4 is 65.7 Å². The van der Waals surface area contributed by atoms with Gasteiger partial charge in [0.2, 0.25) is 0 Å². The van der Waals surface area contributed by atoms with Crippen molar-refractivity contribution in [2.75, 3.05) is 0 Å². The molecule has 0 fully saturated rings. The van der Waals surface area contributed by atoms with E-state index in [-0.39, 0.29) is 0 Å². The minimum atomic E-state index is 0.578. The lowest BCUT2D eigenvalue weighted by Gasteiger charge is -2.08. The Morgan fingerprint density at radius 2 is 0.772 bits per heavy atom. The zero-order chi connectivity index (χ0) is 37.5. The highest BCUT2D eigenvalue weighted by molar-refractivity contribution is 6.19. The fourth-order valence-electron chi connectivity index (χ4n) is 8.33. The quantitative estimate of drug-likeness (QED) is 0.176. The van der Waals surface area contributed by atoms with E-state index in [9.17, 15) is 0 Å². The van der Waals surface area contributed by atoms with Crippen LogP contribution in [0.5, 0.6) is 0 Å². The van der Waals surface area contributed by atoms with Crippen LogP contribution in [0.25, 0.3) is 117 Å². The summed E-state index contributed by atoms with van der Waals surface area (Å²) in [5.74, 6) is 1.81. The molecular weight excluding hydrogens is 701 g/mol.